The van der Waals surface area contributed by atoms with Crippen LogP contribution in [0.2, 0.25) is 0 Å². The van der Waals surface area contributed by atoms with Gasteiger partial charge >= 0.3 is 0 Å². The summed E-state index contributed by atoms with van der Waals surface area (Å²) >= 11 is 0. The number of benzene rings is 2. The van der Waals surface area contributed by atoms with Crippen molar-refractivity contribution in [1.29, 1.82) is 0 Å². The summed E-state index contributed by atoms with van der Waals surface area (Å²) in [4.78, 5) is 29.1. The van der Waals surface area contributed by atoms with Crippen molar-refractivity contribution in [3.8, 4) is 0 Å². The van der Waals surface area contributed by atoms with E-state index in [2.05, 4.69) is 175 Å². The first-order valence-electron chi connectivity index (χ1n) is 20.3. The standard InChI is InChI=1S/C50H56N8/c1-47(2,3)33-21-37(29-51-25-33)55-41-17-13-14-18-42(41)56(38-22-34(26-52-30-38)48(4,5)6)45(55)46-57(39-23-35(27-53-31-39)49(7,8)9)43-19-15-16-20-44(43)58(46)40-24-36(28-54-32-40)50(10,11)12/h13-32H,1-12H3. The van der Waals surface area contributed by atoms with Gasteiger partial charge in [0.05, 0.1) is 70.3 Å². The minimum Gasteiger partial charge on any atom is -0.289 e. The molecular weight excluding hydrogens is 713 g/mol. The van der Waals surface area contributed by atoms with Crippen molar-refractivity contribution in [1.82, 2.24) is 19.9 Å². The van der Waals surface area contributed by atoms with E-state index < -0.39 is 0 Å². The van der Waals surface area contributed by atoms with E-state index in [1.165, 1.54) is 0 Å². The fourth-order valence-electron chi connectivity index (χ4n) is 7.63. The van der Waals surface area contributed by atoms with Crippen LogP contribution in [0.3, 0.4) is 0 Å². The third-order valence-electron chi connectivity index (χ3n) is 11.2. The summed E-state index contributed by atoms with van der Waals surface area (Å²) in [5.41, 5.74) is 12.1. The zero-order chi connectivity index (χ0) is 41.4. The van der Waals surface area contributed by atoms with E-state index in [-0.39, 0.29) is 21.7 Å². The summed E-state index contributed by atoms with van der Waals surface area (Å²) < 4.78 is 0. The van der Waals surface area contributed by atoms with Gasteiger partial charge in [-0.05, 0) is 92.4 Å². The highest BCUT2D eigenvalue weighted by Gasteiger charge is 2.45. The molecule has 8 nitrogen and oxygen atoms in total. The second-order valence-electron chi connectivity index (χ2n) is 19.7. The first-order valence-corrected chi connectivity index (χ1v) is 20.3. The maximum Gasteiger partial charge on any atom is 0.166 e. The molecule has 4 aromatic heterocycles. The molecule has 0 aliphatic carbocycles. The lowest BCUT2D eigenvalue weighted by molar-refractivity contribution is 0.587. The van der Waals surface area contributed by atoms with Crippen LogP contribution in [0.4, 0.5) is 45.5 Å². The highest BCUT2D eigenvalue weighted by molar-refractivity contribution is 6.00. The van der Waals surface area contributed by atoms with Gasteiger partial charge in [-0.25, -0.2) is 0 Å². The van der Waals surface area contributed by atoms with Gasteiger partial charge in [-0.3, -0.25) is 39.5 Å². The molecular formula is C50H56N8. The highest BCUT2D eigenvalue weighted by Crippen LogP contribution is 2.57. The Balaban J connectivity index is 1.55. The number of aromatic nitrogens is 4. The average molecular weight is 769 g/mol. The molecule has 6 heterocycles. The zero-order valence-corrected chi connectivity index (χ0v) is 36.1. The minimum atomic E-state index is -0.125. The molecule has 0 N–H and O–H groups in total. The van der Waals surface area contributed by atoms with Crippen LogP contribution >= 0.6 is 0 Å². The Morgan fingerprint density at radius 2 is 0.517 bits per heavy atom. The second-order valence-corrected chi connectivity index (χ2v) is 19.7. The molecule has 0 amide bonds. The number of rotatable bonds is 4. The van der Waals surface area contributed by atoms with Gasteiger partial charge in [-0.1, -0.05) is 107 Å². The highest BCUT2D eigenvalue weighted by atomic mass is 15.5. The molecule has 0 saturated carbocycles. The van der Waals surface area contributed by atoms with E-state index in [4.69, 9.17) is 19.9 Å². The van der Waals surface area contributed by atoms with Crippen LogP contribution in [0.5, 0.6) is 0 Å². The van der Waals surface area contributed by atoms with Crippen LogP contribution in [0, 0.1) is 0 Å². The van der Waals surface area contributed by atoms with Gasteiger partial charge < -0.3 is 0 Å². The molecule has 0 bridgehead atoms. The maximum absolute atomic E-state index is 4.90. The Morgan fingerprint density at radius 3 is 0.707 bits per heavy atom. The summed E-state index contributed by atoms with van der Waals surface area (Å²) in [5.74, 6) is 1.86. The van der Waals surface area contributed by atoms with E-state index in [9.17, 15) is 0 Å². The molecule has 0 saturated heterocycles. The summed E-state index contributed by atoms with van der Waals surface area (Å²) in [6.45, 7) is 26.9. The van der Waals surface area contributed by atoms with Crippen molar-refractivity contribution in [3.63, 3.8) is 0 Å². The molecule has 2 aliphatic rings. The summed E-state index contributed by atoms with van der Waals surface area (Å²) in [6.07, 6.45) is 15.9. The number of para-hydroxylation sites is 4. The number of anilines is 8. The number of pyridine rings is 4. The molecule has 0 radical (unpaired) electrons. The lowest BCUT2D eigenvalue weighted by Crippen LogP contribution is -2.34. The Hall–Kier alpha value is -6.02. The van der Waals surface area contributed by atoms with Crippen molar-refractivity contribution >= 4 is 45.5 Å². The van der Waals surface area contributed by atoms with Crippen LogP contribution in [-0.2, 0) is 21.7 Å². The first kappa shape index (κ1) is 38.8. The van der Waals surface area contributed by atoms with Crippen LogP contribution in [-0.4, -0.2) is 19.9 Å². The van der Waals surface area contributed by atoms with Crippen molar-refractivity contribution in [3.05, 3.63) is 156 Å². The smallest absolute Gasteiger partial charge is 0.166 e. The third kappa shape index (κ3) is 6.88. The van der Waals surface area contributed by atoms with Crippen molar-refractivity contribution < 1.29 is 0 Å². The van der Waals surface area contributed by atoms with Gasteiger partial charge in [0, 0.05) is 24.8 Å². The van der Waals surface area contributed by atoms with Crippen molar-refractivity contribution in [2.75, 3.05) is 19.6 Å². The van der Waals surface area contributed by atoms with E-state index in [1.54, 1.807) is 0 Å². The van der Waals surface area contributed by atoms with E-state index >= 15 is 0 Å². The predicted molar refractivity (Wildman–Crippen MR) is 240 cm³/mol. The lowest BCUT2D eigenvalue weighted by Gasteiger charge is -2.35. The summed E-state index contributed by atoms with van der Waals surface area (Å²) in [7, 11) is 0. The van der Waals surface area contributed by atoms with Crippen LogP contribution < -0.4 is 19.6 Å². The monoisotopic (exact) mass is 768 g/mol. The minimum absolute atomic E-state index is 0.125. The van der Waals surface area contributed by atoms with E-state index in [1.807, 2.05) is 49.6 Å². The Labute approximate surface area is 345 Å². The molecule has 0 unspecified atom stereocenters. The Bertz CT molecular complexity index is 2190. The zero-order valence-electron chi connectivity index (χ0n) is 36.1. The van der Waals surface area contributed by atoms with Gasteiger partial charge in [0.25, 0.3) is 0 Å². The van der Waals surface area contributed by atoms with Gasteiger partial charge in [-0.15, -0.1) is 0 Å². The number of fused-ring (bicyclic) bond motifs is 2. The lowest BCUT2D eigenvalue weighted by atomic mass is 9.88. The largest absolute Gasteiger partial charge is 0.289 e. The van der Waals surface area contributed by atoms with E-state index in [0.717, 1.165) is 79.4 Å². The van der Waals surface area contributed by atoms with Gasteiger partial charge in [0.1, 0.15) is 0 Å². The number of hydrogen-bond donors (Lipinski definition) is 0. The molecule has 0 spiro atoms. The average Bonchev–Trinajstić information content (AvgIpc) is 3.70. The molecule has 6 aromatic rings. The van der Waals surface area contributed by atoms with Crippen LogP contribution in [0.1, 0.15) is 105 Å². The van der Waals surface area contributed by atoms with E-state index in [0.29, 0.717) is 0 Å². The van der Waals surface area contributed by atoms with Crippen molar-refractivity contribution in [2.45, 2.75) is 105 Å². The number of hydrogen-bond acceptors (Lipinski definition) is 8. The normalized spacial score (nSPS) is 14.7. The Kier molecular flexibility index (Phi) is 9.26. The fourth-order valence-corrected chi connectivity index (χ4v) is 7.63. The Morgan fingerprint density at radius 1 is 0.310 bits per heavy atom. The predicted octanol–water partition coefficient (Wildman–Crippen LogP) is 12.9. The third-order valence-corrected chi connectivity index (χ3v) is 11.2. The summed E-state index contributed by atoms with van der Waals surface area (Å²) in [5, 5.41) is 0. The fraction of sp³-hybridized carbons (Fsp3) is 0.320. The second kappa shape index (κ2) is 13.8. The topological polar surface area (TPSA) is 64.5 Å². The molecule has 0 atom stereocenters. The molecule has 8 heteroatoms. The molecule has 0 fully saturated rings. The van der Waals surface area contributed by atoms with Crippen LogP contribution in [0.25, 0.3) is 0 Å². The molecule has 2 aliphatic heterocycles. The first-order chi connectivity index (χ1) is 27.3. The van der Waals surface area contributed by atoms with Gasteiger partial charge in [-0.2, -0.15) is 0 Å². The van der Waals surface area contributed by atoms with Gasteiger partial charge in [0.15, 0.2) is 11.6 Å². The SMILES string of the molecule is CC(C)(C)c1cncc(N2C(=C3N(c4cncc(C(C)(C)C)c4)c4ccccc4N3c3cncc(C(C)(C)C)c3)N(c3cncc(C(C)(C)C)c3)c3ccccc32)c1. The molecule has 2 aromatic carbocycles. The molecule has 296 valence electrons. The van der Waals surface area contributed by atoms with Gasteiger partial charge in [0.2, 0.25) is 0 Å². The summed E-state index contributed by atoms with van der Waals surface area (Å²) in [6, 6.07) is 26.5. The number of nitrogens with zero attached hydrogens (tertiary/aromatic N) is 8. The van der Waals surface area contributed by atoms with Crippen molar-refractivity contribution in [2.24, 2.45) is 0 Å². The van der Waals surface area contributed by atoms with Crippen LogP contribution in [0.15, 0.2) is 134 Å². The quantitative estimate of drug-likeness (QED) is 0.176. The molecule has 58 heavy (non-hydrogen) atoms. The molecule has 8 rings (SSSR count). The maximum atomic E-state index is 4.90.